The topological polar surface area (TPSA) is 17.1 Å². The highest BCUT2D eigenvalue weighted by Crippen LogP contribution is 2.25. The summed E-state index contributed by atoms with van der Waals surface area (Å²) >= 11 is 5.76. The van der Waals surface area contributed by atoms with Gasteiger partial charge in [-0.2, -0.15) is 0 Å². The smallest absolute Gasteiger partial charge is 0.153 e. The molecule has 0 aliphatic rings. The zero-order valence-electron chi connectivity index (χ0n) is 8.28. The number of carbonyl (C=O) groups excluding carboxylic acids is 1. The molecule has 0 amide bonds. The molecular formula is C13H8ClFO. The Kier molecular flexibility index (Phi) is 3.02. The molecule has 0 saturated carbocycles. The Labute approximate surface area is 97.5 Å². The van der Waals surface area contributed by atoms with Crippen LogP contribution < -0.4 is 0 Å². The molecule has 2 rings (SSSR count). The van der Waals surface area contributed by atoms with E-state index in [9.17, 15) is 9.18 Å². The van der Waals surface area contributed by atoms with Gasteiger partial charge in [0.25, 0.3) is 0 Å². The summed E-state index contributed by atoms with van der Waals surface area (Å²) < 4.78 is 13.4. The molecule has 0 heterocycles. The number of carbonyl (C=O) groups is 1. The maximum atomic E-state index is 13.4. The van der Waals surface area contributed by atoms with Crippen molar-refractivity contribution in [3.05, 3.63) is 58.9 Å². The summed E-state index contributed by atoms with van der Waals surface area (Å²) in [5.74, 6) is -0.512. The average molecular weight is 235 g/mol. The lowest BCUT2D eigenvalue weighted by Crippen LogP contribution is -1.92. The Morgan fingerprint density at radius 2 is 1.75 bits per heavy atom. The van der Waals surface area contributed by atoms with E-state index in [4.69, 9.17) is 11.6 Å². The van der Waals surface area contributed by atoms with Gasteiger partial charge in [-0.25, -0.2) is 4.39 Å². The maximum Gasteiger partial charge on any atom is 0.153 e. The minimum Gasteiger partial charge on any atom is -0.298 e. The van der Waals surface area contributed by atoms with Crippen LogP contribution in [0.3, 0.4) is 0 Å². The Hall–Kier alpha value is -1.67. The predicted octanol–water partition coefficient (Wildman–Crippen LogP) is 3.96. The van der Waals surface area contributed by atoms with E-state index in [1.54, 1.807) is 36.4 Å². The van der Waals surface area contributed by atoms with Crippen LogP contribution in [-0.4, -0.2) is 6.29 Å². The zero-order valence-corrected chi connectivity index (χ0v) is 9.04. The first-order valence-electron chi connectivity index (χ1n) is 4.72. The van der Waals surface area contributed by atoms with Gasteiger partial charge in [0, 0.05) is 5.02 Å². The number of rotatable bonds is 2. The Bertz CT molecular complexity index is 520. The van der Waals surface area contributed by atoms with Crippen molar-refractivity contribution in [2.75, 3.05) is 0 Å². The van der Waals surface area contributed by atoms with E-state index in [0.717, 1.165) is 5.56 Å². The fourth-order valence-corrected chi connectivity index (χ4v) is 1.66. The number of hydrogen-bond acceptors (Lipinski definition) is 1. The van der Waals surface area contributed by atoms with Crippen molar-refractivity contribution < 1.29 is 9.18 Å². The summed E-state index contributed by atoms with van der Waals surface area (Å²) in [5.41, 5.74) is 1.42. The lowest BCUT2D eigenvalue weighted by Gasteiger charge is -2.05. The van der Waals surface area contributed by atoms with Crippen LogP contribution in [0, 0.1) is 5.82 Å². The molecule has 2 aromatic carbocycles. The molecule has 0 aliphatic carbocycles. The van der Waals surface area contributed by atoms with Crippen LogP contribution in [0.25, 0.3) is 11.1 Å². The van der Waals surface area contributed by atoms with Crippen molar-refractivity contribution >= 4 is 17.9 Å². The summed E-state index contributed by atoms with van der Waals surface area (Å²) in [4.78, 5) is 10.8. The van der Waals surface area contributed by atoms with Gasteiger partial charge in [-0.1, -0.05) is 35.9 Å². The van der Waals surface area contributed by atoms with Crippen molar-refractivity contribution in [1.82, 2.24) is 0 Å². The molecule has 0 spiro atoms. The van der Waals surface area contributed by atoms with Gasteiger partial charge < -0.3 is 0 Å². The molecule has 0 radical (unpaired) electrons. The Morgan fingerprint density at radius 1 is 1.06 bits per heavy atom. The van der Waals surface area contributed by atoms with Gasteiger partial charge in [0.1, 0.15) is 5.82 Å². The van der Waals surface area contributed by atoms with E-state index in [2.05, 4.69) is 0 Å². The lowest BCUT2D eigenvalue weighted by atomic mass is 10.0. The molecule has 0 saturated heterocycles. The van der Waals surface area contributed by atoms with Crippen LogP contribution in [0.4, 0.5) is 4.39 Å². The van der Waals surface area contributed by atoms with Gasteiger partial charge in [-0.15, -0.1) is 0 Å². The van der Waals surface area contributed by atoms with Crippen molar-refractivity contribution in [3.8, 4) is 11.1 Å². The molecule has 1 nitrogen and oxygen atoms in total. The molecule has 0 bridgehead atoms. The van der Waals surface area contributed by atoms with Crippen LogP contribution in [0.5, 0.6) is 0 Å². The molecule has 0 N–H and O–H groups in total. The number of aldehydes is 1. The minimum absolute atomic E-state index is 0.0739. The maximum absolute atomic E-state index is 13.4. The SMILES string of the molecule is O=Cc1c(F)cccc1-c1ccc(Cl)cc1. The standard InChI is InChI=1S/C13H8ClFO/c14-10-6-4-9(5-7-10)11-2-1-3-13(15)12(11)8-16/h1-8H. The molecular weight excluding hydrogens is 227 g/mol. The van der Waals surface area contributed by atoms with Crippen LogP contribution in [0.1, 0.15) is 10.4 Å². The summed E-state index contributed by atoms with van der Waals surface area (Å²) in [6, 6.07) is 11.5. The van der Waals surface area contributed by atoms with E-state index in [1.807, 2.05) is 0 Å². The van der Waals surface area contributed by atoms with Crippen molar-refractivity contribution in [2.45, 2.75) is 0 Å². The first-order valence-corrected chi connectivity index (χ1v) is 5.10. The Balaban J connectivity index is 2.59. The van der Waals surface area contributed by atoms with E-state index in [0.29, 0.717) is 16.9 Å². The van der Waals surface area contributed by atoms with Gasteiger partial charge >= 0.3 is 0 Å². The van der Waals surface area contributed by atoms with Crippen LogP contribution in [0.2, 0.25) is 5.02 Å². The predicted molar refractivity (Wildman–Crippen MR) is 62.2 cm³/mol. The fraction of sp³-hybridized carbons (Fsp3) is 0. The third kappa shape index (κ3) is 1.97. The summed E-state index contributed by atoms with van der Waals surface area (Å²) in [7, 11) is 0. The van der Waals surface area contributed by atoms with Gasteiger partial charge in [-0.3, -0.25) is 4.79 Å². The van der Waals surface area contributed by atoms with Crippen molar-refractivity contribution in [3.63, 3.8) is 0 Å². The van der Waals surface area contributed by atoms with Gasteiger partial charge in [0.15, 0.2) is 6.29 Å². The second-order valence-electron chi connectivity index (χ2n) is 3.33. The molecule has 0 unspecified atom stereocenters. The largest absolute Gasteiger partial charge is 0.298 e. The van der Waals surface area contributed by atoms with Gasteiger partial charge in [-0.05, 0) is 29.3 Å². The normalized spacial score (nSPS) is 10.1. The first kappa shape index (κ1) is 10.8. The highest BCUT2D eigenvalue weighted by molar-refractivity contribution is 6.30. The average Bonchev–Trinajstić information content (AvgIpc) is 2.30. The Morgan fingerprint density at radius 3 is 2.38 bits per heavy atom. The third-order valence-corrected chi connectivity index (χ3v) is 2.58. The fourth-order valence-electron chi connectivity index (χ4n) is 1.54. The van der Waals surface area contributed by atoms with Gasteiger partial charge in [0.05, 0.1) is 5.56 Å². The molecule has 0 aromatic heterocycles. The van der Waals surface area contributed by atoms with Gasteiger partial charge in [0.2, 0.25) is 0 Å². The van der Waals surface area contributed by atoms with Crippen LogP contribution >= 0.6 is 11.6 Å². The van der Waals surface area contributed by atoms with E-state index in [-0.39, 0.29) is 5.56 Å². The number of hydrogen-bond donors (Lipinski definition) is 0. The molecule has 3 heteroatoms. The third-order valence-electron chi connectivity index (χ3n) is 2.33. The highest BCUT2D eigenvalue weighted by atomic mass is 35.5. The monoisotopic (exact) mass is 234 g/mol. The molecule has 2 aromatic rings. The highest BCUT2D eigenvalue weighted by Gasteiger charge is 2.08. The molecule has 0 fully saturated rings. The van der Waals surface area contributed by atoms with Crippen LogP contribution in [0.15, 0.2) is 42.5 Å². The van der Waals surface area contributed by atoms with E-state index >= 15 is 0 Å². The summed E-state index contributed by atoms with van der Waals surface area (Å²) in [6.07, 6.45) is 0.527. The summed E-state index contributed by atoms with van der Waals surface area (Å²) in [6.45, 7) is 0. The molecule has 0 aliphatic heterocycles. The molecule has 80 valence electrons. The van der Waals surface area contributed by atoms with E-state index in [1.165, 1.54) is 6.07 Å². The van der Waals surface area contributed by atoms with Crippen molar-refractivity contribution in [2.24, 2.45) is 0 Å². The van der Waals surface area contributed by atoms with Crippen molar-refractivity contribution in [1.29, 1.82) is 0 Å². The number of halogens is 2. The van der Waals surface area contributed by atoms with Crippen LogP contribution in [-0.2, 0) is 0 Å². The summed E-state index contributed by atoms with van der Waals surface area (Å²) in [5, 5.41) is 0.604. The molecule has 0 atom stereocenters. The minimum atomic E-state index is -0.512. The first-order chi connectivity index (χ1) is 7.72. The number of benzene rings is 2. The zero-order chi connectivity index (χ0) is 11.5. The molecule has 16 heavy (non-hydrogen) atoms. The second kappa shape index (κ2) is 4.45. The lowest BCUT2D eigenvalue weighted by molar-refractivity contribution is 0.112. The quantitative estimate of drug-likeness (QED) is 0.719. The van der Waals surface area contributed by atoms with E-state index < -0.39 is 5.82 Å². The second-order valence-corrected chi connectivity index (χ2v) is 3.76.